The average Bonchev–Trinajstić information content (AvgIpc) is 2.72. The predicted molar refractivity (Wildman–Crippen MR) is 69.4 cm³/mol. The second kappa shape index (κ2) is 4.84. The Morgan fingerprint density at radius 3 is 3.06 bits per heavy atom. The molecule has 0 saturated heterocycles. The molecule has 0 spiro atoms. The van der Waals surface area contributed by atoms with Crippen molar-refractivity contribution >= 4 is 11.8 Å². The van der Waals surface area contributed by atoms with Gasteiger partial charge in [0.25, 0.3) is 0 Å². The monoisotopic (exact) mass is 239 g/mol. The van der Waals surface area contributed by atoms with Crippen molar-refractivity contribution in [1.82, 2.24) is 0 Å². The maximum absolute atomic E-state index is 6.19. The summed E-state index contributed by atoms with van der Waals surface area (Å²) in [6.45, 7) is 4.69. The average molecular weight is 239 g/mol. The van der Waals surface area contributed by atoms with E-state index in [2.05, 4.69) is 13.8 Å². The zero-order chi connectivity index (χ0) is 11.6. The molecular weight excluding hydrogens is 218 g/mol. The largest absolute Gasteiger partial charge is 0.468 e. The molecule has 1 aliphatic carbocycles. The summed E-state index contributed by atoms with van der Waals surface area (Å²) in [7, 11) is 0. The molecule has 0 radical (unpaired) electrons. The fourth-order valence-electron chi connectivity index (χ4n) is 2.31. The lowest BCUT2D eigenvalue weighted by Crippen LogP contribution is -2.41. The van der Waals surface area contributed by atoms with E-state index in [4.69, 9.17) is 10.2 Å². The standard InChI is InChI=1S/C13H21NOS/c1-13(2)6-5-11(14)12(8-13)16-9-10-4-3-7-15-10/h3-4,7,11-12H,5-6,8-9,14H2,1-2H3. The second-order valence-electron chi connectivity index (χ2n) is 5.50. The lowest BCUT2D eigenvalue weighted by molar-refractivity contribution is 0.232. The van der Waals surface area contributed by atoms with Crippen molar-refractivity contribution in [1.29, 1.82) is 0 Å². The maximum Gasteiger partial charge on any atom is 0.113 e. The van der Waals surface area contributed by atoms with E-state index >= 15 is 0 Å². The molecule has 16 heavy (non-hydrogen) atoms. The zero-order valence-corrected chi connectivity index (χ0v) is 10.9. The van der Waals surface area contributed by atoms with Gasteiger partial charge >= 0.3 is 0 Å². The molecule has 1 aliphatic rings. The van der Waals surface area contributed by atoms with Crippen LogP contribution in [0.15, 0.2) is 22.8 Å². The van der Waals surface area contributed by atoms with Crippen molar-refractivity contribution in [3.8, 4) is 0 Å². The molecule has 90 valence electrons. The minimum atomic E-state index is 0.355. The summed E-state index contributed by atoms with van der Waals surface area (Å²) >= 11 is 1.95. The Kier molecular flexibility index (Phi) is 3.65. The highest BCUT2D eigenvalue weighted by Crippen LogP contribution is 2.40. The third-order valence-corrected chi connectivity index (χ3v) is 4.80. The van der Waals surface area contributed by atoms with Crippen LogP contribution in [0.2, 0.25) is 0 Å². The minimum Gasteiger partial charge on any atom is -0.468 e. The summed E-state index contributed by atoms with van der Waals surface area (Å²) < 4.78 is 5.35. The summed E-state index contributed by atoms with van der Waals surface area (Å²) in [6.07, 6.45) is 5.37. The summed E-state index contributed by atoms with van der Waals surface area (Å²) in [4.78, 5) is 0. The van der Waals surface area contributed by atoms with Gasteiger partial charge in [-0.1, -0.05) is 13.8 Å². The van der Waals surface area contributed by atoms with E-state index in [-0.39, 0.29) is 0 Å². The number of hydrogen-bond acceptors (Lipinski definition) is 3. The van der Waals surface area contributed by atoms with Gasteiger partial charge in [-0.3, -0.25) is 0 Å². The Labute approximate surface area is 102 Å². The van der Waals surface area contributed by atoms with Crippen LogP contribution in [0.1, 0.15) is 38.9 Å². The third kappa shape index (κ3) is 3.05. The van der Waals surface area contributed by atoms with Gasteiger partial charge in [0, 0.05) is 11.3 Å². The molecule has 1 fully saturated rings. The van der Waals surface area contributed by atoms with E-state index in [1.54, 1.807) is 6.26 Å². The van der Waals surface area contributed by atoms with Gasteiger partial charge in [-0.25, -0.2) is 0 Å². The van der Waals surface area contributed by atoms with Crippen LogP contribution in [0, 0.1) is 5.41 Å². The molecule has 2 N–H and O–H groups in total. The van der Waals surface area contributed by atoms with Crippen molar-refractivity contribution in [2.24, 2.45) is 11.1 Å². The van der Waals surface area contributed by atoms with Gasteiger partial charge in [0.05, 0.1) is 12.0 Å². The first-order valence-electron chi connectivity index (χ1n) is 5.96. The second-order valence-corrected chi connectivity index (χ2v) is 6.73. The van der Waals surface area contributed by atoms with Crippen LogP contribution in [0.4, 0.5) is 0 Å². The van der Waals surface area contributed by atoms with Gasteiger partial charge in [-0.05, 0) is 36.8 Å². The van der Waals surface area contributed by atoms with Crippen molar-refractivity contribution in [3.05, 3.63) is 24.2 Å². The molecule has 0 aromatic carbocycles. The molecular formula is C13H21NOS. The summed E-state index contributed by atoms with van der Waals surface area (Å²) in [5.74, 6) is 2.00. The zero-order valence-electron chi connectivity index (χ0n) is 10.1. The molecule has 2 unspecified atom stereocenters. The topological polar surface area (TPSA) is 39.2 Å². The Balaban J connectivity index is 1.88. The van der Waals surface area contributed by atoms with Gasteiger partial charge in [-0.15, -0.1) is 11.8 Å². The van der Waals surface area contributed by atoms with Gasteiger partial charge in [-0.2, -0.15) is 0 Å². The lowest BCUT2D eigenvalue weighted by Gasteiger charge is -2.38. The minimum absolute atomic E-state index is 0.355. The predicted octanol–water partition coefficient (Wildman–Crippen LogP) is 3.42. The maximum atomic E-state index is 6.19. The van der Waals surface area contributed by atoms with E-state index in [0.717, 1.165) is 17.9 Å². The first kappa shape index (κ1) is 12.1. The molecule has 2 rings (SSSR count). The highest BCUT2D eigenvalue weighted by molar-refractivity contribution is 7.99. The van der Waals surface area contributed by atoms with Crippen molar-refractivity contribution in [3.63, 3.8) is 0 Å². The van der Waals surface area contributed by atoms with E-state index in [1.807, 2.05) is 23.9 Å². The number of nitrogens with two attached hydrogens (primary N) is 1. The van der Waals surface area contributed by atoms with Crippen LogP contribution in [-0.2, 0) is 5.75 Å². The molecule has 2 nitrogen and oxygen atoms in total. The van der Waals surface area contributed by atoms with Crippen molar-refractivity contribution < 1.29 is 4.42 Å². The fourth-order valence-corrected chi connectivity index (χ4v) is 3.80. The summed E-state index contributed by atoms with van der Waals surface area (Å²) in [5.41, 5.74) is 6.64. The number of hydrogen-bond donors (Lipinski definition) is 1. The molecule has 1 aromatic rings. The van der Waals surface area contributed by atoms with Crippen LogP contribution in [-0.4, -0.2) is 11.3 Å². The first-order chi connectivity index (χ1) is 7.57. The van der Waals surface area contributed by atoms with Gasteiger partial charge in [0.2, 0.25) is 0 Å². The summed E-state index contributed by atoms with van der Waals surface area (Å²) in [5, 5.41) is 0.578. The van der Waals surface area contributed by atoms with Gasteiger partial charge < -0.3 is 10.2 Å². The van der Waals surface area contributed by atoms with Gasteiger partial charge in [0.1, 0.15) is 5.76 Å². The Morgan fingerprint density at radius 2 is 2.38 bits per heavy atom. The van der Waals surface area contributed by atoms with Crippen molar-refractivity contribution in [2.75, 3.05) is 0 Å². The van der Waals surface area contributed by atoms with Crippen LogP contribution in [0.5, 0.6) is 0 Å². The highest BCUT2D eigenvalue weighted by Gasteiger charge is 2.33. The summed E-state index contributed by atoms with van der Waals surface area (Å²) in [6, 6.07) is 4.33. The molecule has 1 heterocycles. The number of furan rings is 1. The molecule has 1 aromatic heterocycles. The lowest BCUT2D eigenvalue weighted by atomic mass is 9.75. The Bertz CT molecular complexity index is 321. The Hall–Kier alpha value is -0.410. The molecule has 0 amide bonds. The van der Waals surface area contributed by atoms with E-state index in [9.17, 15) is 0 Å². The molecule has 0 aliphatic heterocycles. The smallest absolute Gasteiger partial charge is 0.113 e. The Morgan fingerprint density at radius 1 is 1.56 bits per heavy atom. The SMILES string of the molecule is CC1(C)CCC(N)C(SCc2ccco2)C1. The number of rotatable bonds is 3. The normalized spacial score (nSPS) is 29.2. The van der Waals surface area contributed by atoms with Crippen LogP contribution >= 0.6 is 11.8 Å². The third-order valence-electron chi connectivity index (χ3n) is 3.41. The molecule has 0 bridgehead atoms. The van der Waals surface area contributed by atoms with E-state index < -0.39 is 0 Å². The number of thioether (sulfide) groups is 1. The first-order valence-corrected chi connectivity index (χ1v) is 7.01. The fraction of sp³-hybridized carbons (Fsp3) is 0.692. The quantitative estimate of drug-likeness (QED) is 0.878. The molecule has 3 heteroatoms. The van der Waals surface area contributed by atoms with Crippen molar-refractivity contribution in [2.45, 2.75) is 50.2 Å². The van der Waals surface area contributed by atoms with Crippen LogP contribution in [0.25, 0.3) is 0 Å². The van der Waals surface area contributed by atoms with Crippen LogP contribution < -0.4 is 5.73 Å². The van der Waals surface area contributed by atoms with E-state index in [1.165, 1.54) is 12.8 Å². The van der Waals surface area contributed by atoms with Crippen LogP contribution in [0.3, 0.4) is 0 Å². The van der Waals surface area contributed by atoms with E-state index in [0.29, 0.717) is 16.7 Å². The highest BCUT2D eigenvalue weighted by atomic mass is 32.2. The molecule has 1 saturated carbocycles. The molecule has 2 atom stereocenters. The van der Waals surface area contributed by atoms with Gasteiger partial charge in [0.15, 0.2) is 0 Å².